The summed E-state index contributed by atoms with van der Waals surface area (Å²) < 4.78 is 36.6. The van der Waals surface area contributed by atoms with Gasteiger partial charge in [-0.3, -0.25) is 19.4 Å². The first kappa shape index (κ1) is 32.5. The third-order valence-electron chi connectivity index (χ3n) is 8.73. The number of halogens is 2. The third kappa shape index (κ3) is 7.48. The van der Waals surface area contributed by atoms with Crippen LogP contribution in [0.1, 0.15) is 52.2 Å². The van der Waals surface area contributed by atoms with E-state index in [0.717, 1.165) is 39.3 Å². The van der Waals surface area contributed by atoms with E-state index in [2.05, 4.69) is 56.5 Å². The lowest BCUT2D eigenvalue weighted by molar-refractivity contribution is 0.0374. The number of likely N-dealkylation sites (N-methyl/N-ethyl adjacent to an activating group) is 1. The van der Waals surface area contributed by atoms with Gasteiger partial charge in [-0.2, -0.15) is 0 Å². The van der Waals surface area contributed by atoms with Crippen LogP contribution in [0.4, 0.5) is 20.2 Å². The zero-order chi connectivity index (χ0) is 32.2. The first-order valence-electron chi connectivity index (χ1n) is 15.4. The van der Waals surface area contributed by atoms with Crippen LogP contribution in [0.25, 0.3) is 5.69 Å². The fraction of sp³-hybridized carbons (Fsp3) is 0.500. The fourth-order valence-corrected chi connectivity index (χ4v) is 5.87. The first-order valence-corrected chi connectivity index (χ1v) is 15.4. The number of aryl methyl sites for hydroxylation is 2. The van der Waals surface area contributed by atoms with Gasteiger partial charge in [-0.05, 0) is 77.0 Å². The zero-order valence-corrected chi connectivity index (χ0v) is 26.6. The number of hydrogen-bond donors (Lipinski definition) is 2. The van der Waals surface area contributed by atoms with Crippen molar-refractivity contribution in [2.45, 2.75) is 46.2 Å². The van der Waals surface area contributed by atoms with Crippen LogP contribution in [-0.2, 0) is 4.74 Å². The molecule has 0 spiro atoms. The second kappa shape index (κ2) is 14.0. The number of carbonyl (C=O) groups is 2. The van der Waals surface area contributed by atoms with Gasteiger partial charge >= 0.3 is 0 Å². The third-order valence-corrected chi connectivity index (χ3v) is 8.73. The summed E-state index contributed by atoms with van der Waals surface area (Å²) in [5, 5.41) is 13.8. The number of hydrogen-bond acceptors (Lipinski definition) is 8. The highest BCUT2D eigenvalue weighted by atomic mass is 19.1. The summed E-state index contributed by atoms with van der Waals surface area (Å²) in [5.41, 5.74) is 1.96. The molecule has 242 valence electrons. The van der Waals surface area contributed by atoms with Gasteiger partial charge in [0, 0.05) is 56.4 Å². The second-order valence-electron chi connectivity index (χ2n) is 12.1. The Morgan fingerprint density at radius 2 is 1.64 bits per heavy atom. The van der Waals surface area contributed by atoms with Crippen LogP contribution in [0.3, 0.4) is 0 Å². The highest BCUT2D eigenvalue weighted by molar-refractivity contribution is 6.06. The quantitative estimate of drug-likeness (QED) is 0.349. The molecule has 2 aliphatic heterocycles. The molecule has 45 heavy (non-hydrogen) atoms. The normalized spacial score (nSPS) is 19.5. The van der Waals surface area contributed by atoms with Crippen molar-refractivity contribution in [2.75, 3.05) is 69.7 Å². The number of carbonyl (C=O) groups excluding carboxylic acids is 2. The molecule has 3 aromatic rings. The Kier molecular flexibility index (Phi) is 10.1. The van der Waals surface area contributed by atoms with Crippen LogP contribution in [0.2, 0.25) is 0 Å². The molecule has 2 amide bonds. The van der Waals surface area contributed by atoms with E-state index in [4.69, 9.17) is 4.74 Å². The SMILES string of the molecule is Cc1cc(C(=O)Nc2cc(-n3cc(C(=O)NCCCN4CCOCC4)nn3)c(F)cc2N2C[C@@H](C)N(C)[C@@H](C)C2)cc(C)c1F. The molecule has 3 heterocycles. The molecule has 2 fully saturated rings. The van der Waals surface area contributed by atoms with E-state index in [-0.39, 0.29) is 34.8 Å². The number of anilines is 2. The van der Waals surface area contributed by atoms with E-state index >= 15 is 4.39 Å². The first-order chi connectivity index (χ1) is 21.5. The maximum Gasteiger partial charge on any atom is 0.273 e. The van der Waals surface area contributed by atoms with Gasteiger partial charge in [0.1, 0.15) is 11.5 Å². The topological polar surface area (TPSA) is 108 Å². The maximum atomic E-state index is 15.8. The average Bonchev–Trinajstić information content (AvgIpc) is 3.51. The van der Waals surface area contributed by atoms with E-state index in [1.165, 1.54) is 35.1 Å². The fourth-order valence-electron chi connectivity index (χ4n) is 5.87. The summed E-state index contributed by atoms with van der Waals surface area (Å²) in [5.74, 6) is -1.81. The Balaban J connectivity index is 1.38. The van der Waals surface area contributed by atoms with Crippen molar-refractivity contribution < 1.29 is 23.1 Å². The summed E-state index contributed by atoms with van der Waals surface area (Å²) in [6.45, 7) is 13.2. The minimum atomic E-state index is -0.585. The molecular formula is C32H42F2N8O3. The molecule has 2 aromatic carbocycles. The highest BCUT2D eigenvalue weighted by Crippen LogP contribution is 2.34. The number of piperazine rings is 1. The van der Waals surface area contributed by atoms with Crippen LogP contribution in [0, 0.1) is 25.5 Å². The predicted octanol–water partition coefficient (Wildman–Crippen LogP) is 3.40. The Labute approximate surface area is 262 Å². The monoisotopic (exact) mass is 624 g/mol. The molecule has 0 bridgehead atoms. The molecule has 0 aliphatic carbocycles. The maximum absolute atomic E-state index is 15.8. The number of aromatic nitrogens is 3. The zero-order valence-electron chi connectivity index (χ0n) is 26.6. The van der Waals surface area contributed by atoms with Crippen molar-refractivity contribution >= 4 is 23.2 Å². The number of amides is 2. The second-order valence-corrected chi connectivity index (χ2v) is 12.1. The molecular weight excluding hydrogens is 582 g/mol. The Bertz CT molecular complexity index is 1510. The van der Waals surface area contributed by atoms with E-state index in [1.54, 1.807) is 13.8 Å². The van der Waals surface area contributed by atoms with Crippen molar-refractivity contribution in [3.8, 4) is 5.69 Å². The number of rotatable bonds is 9. The molecule has 0 radical (unpaired) electrons. The van der Waals surface area contributed by atoms with Gasteiger partial charge in [0.05, 0.1) is 30.8 Å². The molecule has 5 rings (SSSR count). The lowest BCUT2D eigenvalue weighted by atomic mass is 10.0. The average molecular weight is 625 g/mol. The standard InChI is InChI=1S/C32H42F2N8O3/c1-20-13-24(14-21(2)30(20)34)31(43)36-26-16-28(25(33)15-29(26)41-17-22(3)39(5)23(4)18-41)42-19-27(37-38-42)32(44)35-7-6-8-40-9-11-45-12-10-40/h13-16,19,22-23H,6-12,17-18H2,1-5H3,(H,35,44)(H,36,43)/t22-,23+. The van der Waals surface area contributed by atoms with Crippen molar-refractivity contribution in [3.05, 3.63) is 64.5 Å². The number of ether oxygens (including phenoxy) is 1. The molecule has 2 aliphatic rings. The Morgan fingerprint density at radius 1 is 0.978 bits per heavy atom. The van der Waals surface area contributed by atoms with Crippen LogP contribution in [0.15, 0.2) is 30.5 Å². The van der Waals surface area contributed by atoms with E-state index < -0.39 is 17.6 Å². The Morgan fingerprint density at radius 3 is 2.31 bits per heavy atom. The number of benzene rings is 2. The smallest absolute Gasteiger partial charge is 0.273 e. The van der Waals surface area contributed by atoms with Crippen LogP contribution >= 0.6 is 0 Å². The molecule has 13 heteroatoms. The van der Waals surface area contributed by atoms with Crippen molar-refractivity contribution in [3.63, 3.8) is 0 Å². The molecule has 2 saturated heterocycles. The number of morpholine rings is 1. The van der Waals surface area contributed by atoms with Gasteiger partial charge in [-0.15, -0.1) is 5.10 Å². The van der Waals surface area contributed by atoms with Gasteiger partial charge in [0.15, 0.2) is 11.5 Å². The van der Waals surface area contributed by atoms with Gasteiger partial charge in [0.2, 0.25) is 0 Å². The molecule has 2 N–H and O–H groups in total. The molecule has 0 unspecified atom stereocenters. The van der Waals surface area contributed by atoms with Gasteiger partial charge in [0.25, 0.3) is 11.8 Å². The lowest BCUT2D eigenvalue weighted by Crippen LogP contribution is -2.55. The van der Waals surface area contributed by atoms with Crippen LogP contribution < -0.4 is 15.5 Å². The van der Waals surface area contributed by atoms with Gasteiger partial charge < -0.3 is 20.3 Å². The van der Waals surface area contributed by atoms with Crippen molar-refractivity contribution in [1.29, 1.82) is 0 Å². The minimum Gasteiger partial charge on any atom is -0.379 e. The summed E-state index contributed by atoms with van der Waals surface area (Å²) in [7, 11) is 2.06. The summed E-state index contributed by atoms with van der Waals surface area (Å²) >= 11 is 0. The largest absolute Gasteiger partial charge is 0.379 e. The van der Waals surface area contributed by atoms with E-state index in [1.807, 2.05) is 0 Å². The Hall–Kier alpha value is -3.94. The minimum absolute atomic E-state index is 0.0228. The number of nitrogens with one attached hydrogen (secondary N) is 2. The number of nitrogens with zero attached hydrogens (tertiary/aromatic N) is 6. The summed E-state index contributed by atoms with van der Waals surface area (Å²) in [4.78, 5) is 32.8. The van der Waals surface area contributed by atoms with Crippen molar-refractivity contribution in [1.82, 2.24) is 30.1 Å². The lowest BCUT2D eigenvalue weighted by Gasteiger charge is -2.44. The summed E-state index contributed by atoms with van der Waals surface area (Å²) in [6, 6.07) is 6.23. The predicted molar refractivity (Wildman–Crippen MR) is 168 cm³/mol. The molecule has 0 saturated carbocycles. The van der Waals surface area contributed by atoms with Crippen molar-refractivity contribution in [2.24, 2.45) is 0 Å². The summed E-state index contributed by atoms with van der Waals surface area (Å²) in [6.07, 6.45) is 2.14. The molecule has 1 aromatic heterocycles. The van der Waals surface area contributed by atoms with Crippen LogP contribution in [-0.4, -0.2) is 108 Å². The van der Waals surface area contributed by atoms with Gasteiger partial charge in [-0.25, -0.2) is 13.5 Å². The van der Waals surface area contributed by atoms with Crippen LogP contribution in [0.5, 0.6) is 0 Å². The van der Waals surface area contributed by atoms with Gasteiger partial charge in [-0.1, -0.05) is 5.21 Å². The van der Waals surface area contributed by atoms with E-state index in [9.17, 15) is 14.0 Å². The molecule has 2 atom stereocenters. The molecule has 11 nitrogen and oxygen atoms in total. The van der Waals surface area contributed by atoms with E-state index in [0.29, 0.717) is 42.1 Å². The highest BCUT2D eigenvalue weighted by Gasteiger charge is 2.29.